The van der Waals surface area contributed by atoms with E-state index in [9.17, 15) is 4.79 Å². The molecule has 3 heteroatoms. The van der Waals surface area contributed by atoms with Crippen molar-refractivity contribution in [2.45, 2.75) is 26.2 Å². The zero-order chi connectivity index (χ0) is 11.8. The number of carbonyl (C=O) groups excluding carboxylic acids is 1. The number of fused-ring (bicyclic) bond motifs is 1. The van der Waals surface area contributed by atoms with Gasteiger partial charge in [0.1, 0.15) is 0 Å². The maximum absolute atomic E-state index is 12.4. The molecule has 0 amide bonds. The molecular formula is C15H18ClNO. The summed E-state index contributed by atoms with van der Waals surface area (Å²) in [5.74, 6) is 0.222. The summed E-state index contributed by atoms with van der Waals surface area (Å²) < 4.78 is 0. The molecule has 1 aliphatic heterocycles. The van der Waals surface area contributed by atoms with Gasteiger partial charge in [0.15, 0.2) is 0 Å². The van der Waals surface area contributed by atoms with Crippen molar-refractivity contribution >= 4 is 23.8 Å². The van der Waals surface area contributed by atoms with E-state index >= 15 is 0 Å². The van der Waals surface area contributed by atoms with Crippen molar-refractivity contribution < 1.29 is 4.79 Å². The van der Waals surface area contributed by atoms with Gasteiger partial charge in [-0.25, -0.2) is 0 Å². The molecule has 96 valence electrons. The number of piperidine rings is 1. The summed E-state index contributed by atoms with van der Waals surface area (Å²) >= 11 is 0. The first-order chi connectivity index (χ1) is 8.29. The Morgan fingerprint density at radius 1 is 1.00 bits per heavy atom. The second-order valence-electron chi connectivity index (χ2n) is 4.90. The third-order valence-corrected chi connectivity index (χ3v) is 3.82. The van der Waals surface area contributed by atoms with E-state index in [0.29, 0.717) is 0 Å². The Bertz CT molecular complexity index is 501. The first-order valence-corrected chi connectivity index (χ1v) is 6.39. The molecule has 1 aromatic rings. The van der Waals surface area contributed by atoms with E-state index in [4.69, 9.17) is 0 Å². The van der Waals surface area contributed by atoms with Gasteiger partial charge < -0.3 is 4.90 Å². The van der Waals surface area contributed by atoms with Gasteiger partial charge in [0.25, 0.3) is 0 Å². The van der Waals surface area contributed by atoms with E-state index in [2.05, 4.69) is 17.9 Å². The highest BCUT2D eigenvalue weighted by Crippen LogP contribution is 2.35. The summed E-state index contributed by atoms with van der Waals surface area (Å²) in [5.41, 5.74) is 4.11. The van der Waals surface area contributed by atoms with Gasteiger partial charge >= 0.3 is 0 Å². The van der Waals surface area contributed by atoms with E-state index in [1.54, 1.807) is 0 Å². The maximum Gasteiger partial charge on any atom is 0.209 e. The van der Waals surface area contributed by atoms with Crippen LogP contribution < -0.4 is 0 Å². The first-order valence-electron chi connectivity index (χ1n) is 6.39. The lowest BCUT2D eigenvalue weighted by molar-refractivity contribution is 0.0989. The molecule has 3 rings (SSSR count). The molecule has 2 aliphatic rings. The Labute approximate surface area is 114 Å². The average Bonchev–Trinajstić information content (AvgIpc) is 2.64. The number of hydrogen-bond acceptors (Lipinski definition) is 2. The summed E-state index contributed by atoms with van der Waals surface area (Å²) in [7, 11) is 0. The third-order valence-electron chi connectivity index (χ3n) is 3.82. The van der Waals surface area contributed by atoms with Crippen molar-refractivity contribution in [2.75, 3.05) is 13.1 Å². The number of nitrogens with zero attached hydrogens (tertiary/aromatic N) is 1. The third kappa shape index (κ3) is 1.95. The fourth-order valence-electron chi connectivity index (χ4n) is 2.93. The number of benzene rings is 1. The zero-order valence-corrected chi connectivity index (χ0v) is 11.4. The predicted molar refractivity (Wildman–Crippen MR) is 76.0 cm³/mol. The van der Waals surface area contributed by atoms with Crippen LogP contribution in [0.5, 0.6) is 0 Å². The van der Waals surface area contributed by atoms with Crippen LogP contribution in [-0.2, 0) is 0 Å². The number of Topliss-reactive ketones (excluding diaryl/α,β-unsaturated/α-hetero) is 1. The number of carbonyl (C=O) groups is 1. The topological polar surface area (TPSA) is 20.3 Å². The lowest BCUT2D eigenvalue weighted by Crippen LogP contribution is -2.31. The van der Waals surface area contributed by atoms with Gasteiger partial charge in [0.2, 0.25) is 5.78 Å². The van der Waals surface area contributed by atoms with Gasteiger partial charge in [-0.2, -0.15) is 0 Å². The number of rotatable bonds is 1. The minimum absolute atomic E-state index is 0. The predicted octanol–water partition coefficient (Wildman–Crippen LogP) is 3.52. The molecule has 1 aromatic carbocycles. The number of halogens is 1. The molecule has 0 spiro atoms. The minimum Gasteiger partial charge on any atom is -0.368 e. The van der Waals surface area contributed by atoms with Crippen molar-refractivity contribution in [3.8, 4) is 0 Å². The molecule has 0 bridgehead atoms. The van der Waals surface area contributed by atoms with Crippen LogP contribution in [0.3, 0.4) is 0 Å². The Hall–Kier alpha value is -1.28. The fraction of sp³-hybridized carbons (Fsp3) is 0.400. The Morgan fingerprint density at radius 2 is 1.61 bits per heavy atom. The molecule has 1 aliphatic carbocycles. The van der Waals surface area contributed by atoms with Gasteiger partial charge in [-0.3, -0.25) is 4.79 Å². The second kappa shape index (κ2) is 5.15. The summed E-state index contributed by atoms with van der Waals surface area (Å²) in [6, 6.07) is 7.95. The van der Waals surface area contributed by atoms with Crippen LogP contribution in [0.15, 0.2) is 30.0 Å². The standard InChI is InChI=1S/C15H17NO.ClH/c1-11-12-7-3-4-8-13(12)15(17)14(11)16-9-5-2-6-10-16;/h3-4,7-8H,2,5-6,9-10H2,1H3;1H. The number of hydrogen-bond donors (Lipinski definition) is 0. The first kappa shape index (κ1) is 13.2. The van der Waals surface area contributed by atoms with Crippen molar-refractivity contribution in [3.63, 3.8) is 0 Å². The van der Waals surface area contributed by atoms with E-state index in [1.807, 2.05) is 18.2 Å². The second-order valence-corrected chi connectivity index (χ2v) is 4.90. The number of allylic oxidation sites excluding steroid dienone is 2. The van der Waals surface area contributed by atoms with Gasteiger partial charge in [0.05, 0.1) is 5.70 Å². The zero-order valence-electron chi connectivity index (χ0n) is 10.6. The van der Waals surface area contributed by atoms with Crippen LogP contribution in [0.25, 0.3) is 5.57 Å². The van der Waals surface area contributed by atoms with Gasteiger partial charge in [-0.1, -0.05) is 24.3 Å². The quantitative estimate of drug-likeness (QED) is 0.773. The van der Waals surface area contributed by atoms with E-state index in [0.717, 1.165) is 35.5 Å². The van der Waals surface area contributed by atoms with Crippen molar-refractivity contribution in [2.24, 2.45) is 0 Å². The highest BCUT2D eigenvalue weighted by Gasteiger charge is 2.30. The largest absolute Gasteiger partial charge is 0.368 e. The molecule has 1 heterocycles. The Morgan fingerprint density at radius 3 is 2.22 bits per heavy atom. The number of likely N-dealkylation sites (tertiary alicyclic amines) is 1. The van der Waals surface area contributed by atoms with Crippen molar-refractivity contribution in [3.05, 3.63) is 41.1 Å². The van der Waals surface area contributed by atoms with Crippen LogP contribution in [0, 0.1) is 0 Å². The van der Waals surface area contributed by atoms with Crippen molar-refractivity contribution in [1.82, 2.24) is 4.90 Å². The van der Waals surface area contributed by atoms with Gasteiger partial charge in [0, 0.05) is 18.7 Å². The van der Waals surface area contributed by atoms with Crippen molar-refractivity contribution in [1.29, 1.82) is 0 Å². The molecule has 0 atom stereocenters. The molecule has 0 radical (unpaired) electrons. The SMILES string of the molecule is CC1=C(N2CCCCC2)C(=O)c2ccccc21.Cl. The summed E-state index contributed by atoms with van der Waals surface area (Å²) in [5, 5.41) is 0. The summed E-state index contributed by atoms with van der Waals surface area (Å²) in [6.45, 7) is 4.15. The molecule has 1 saturated heterocycles. The highest BCUT2D eigenvalue weighted by atomic mass is 35.5. The van der Waals surface area contributed by atoms with Crippen LogP contribution >= 0.6 is 12.4 Å². The lowest BCUT2D eigenvalue weighted by atomic mass is 10.1. The number of ketones is 1. The lowest BCUT2D eigenvalue weighted by Gasteiger charge is -2.29. The van der Waals surface area contributed by atoms with Gasteiger partial charge in [-0.05, 0) is 37.3 Å². The Balaban J connectivity index is 0.00000120. The molecule has 0 aromatic heterocycles. The molecule has 0 N–H and O–H groups in total. The maximum atomic E-state index is 12.4. The summed E-state index contributed by atoms with van der Waals surface area (Å²) in [6.07, 6.45) is 3.71. The van der Waals surface area contributed by atoms with E-state index in [-0.39, 0.29) is 18.2 Å². The fourth-order valence-corrected chi connectivity index (χ4v) is 2.93. The average molecular weight is 264 g/mol. The minimum atomic E-state index is 0. The molecule has 0 unspecified atom stereocenters. The van der Waals surface area contributed by atoms with Crippen LogP contribution in [0.4, 0.5) is 0 Å². The summed E-state index contributed by atoms with van der Waals surface area (Å²) in [4.78, 5) is 14.7. The smallest absolute Gasteiger partial charge is 0.209 e. The van der Waals surface area contributed by atoms with E-state index in [1.165, 1.54) is 19.3 Å². The van der Waals surface area contributed by atoms with Crippen LogP contribution in [-0.4, -0.2) is 23.8 Å². The molecular weight excluding hydrogens is 246 g/mol. The Kier molecular flexibility index (Phi) is 3.76. The molecule has 2 nitrogen and oxygen atoms in total. The van der Waals surface area contributed by atoms with Crippen LogP contribution in [0.2, 0.25) is 0 Å². The monoisotopic (exact) mass is 263 g/mol. The molecule has 18 heavy (non-hydrogen) atoms. The highest BCUT2D eigenvalue weighted by molar-refractivity contribution is 6.19. The molecule has 1 fully saturated rings. The normalized spacial score (nSPS) is 18.7. The van der Waals surface area contributed by atoms with E-state index < -0.39 is 0 Å². The molecule has 0 saturated carbocycles. The van der Waals surface area contributed by atoms with Crippen LogP contribution in [0.1, 0.15) is 42.1 Å². The van der Waals surface area contributed by atoms with Gasteiger partial charge in [-0.15, -0.1) is 12.4 Å².